The van der Waals surface area contributed by atoms with Crippen LogP contribution in [0.15, 0.2) is 53.2 Å². The molecule has 9 heteroatoms. The maximum Gasteiger partial charge on any atom is 0.289 e. The molecule has 1 aromatic carbocycles. The van der Waals surface area contributed by atoms with E-state index in [9.17, 15) is 9.18 Å². The van der Waals surface area contributed by atoms with Crippen molar-refractivity contribution < 1.29 is 13.6 Å². The number of halogens is 1. The Hall–Kier alpha value is -3.30. The Morgan fingerprint density at radius 2 is 2.00 bits per heavy atom. The third kappa shape index (κ3) is 4.00. The van der Waals surface area contributed by atoms with Gasteiger partial charge >= 0.3 is 0 Å². The Morgan fingerprint density at radius 3 is 2.75 bits per heavy atom. The van der Waals surface area contributed by atoms with E-state index in [0.717, 1.165) is 11.4 Å². The van der Waals surface area contributed by atoms with Crippen molar-refractivity contribution in [3.8, 4) is 0 Å². The van der Waals surface area contributed by atoms with Crippen molar-refractivity contribution in [2.45, 2.75) is 13.0 Å². The molecule has 2 N–H and O–H groups in total. The lowest BCUT2D eigenvalue weighted by molar-refractivity contribution is 0.0920. The molecule has 1 aliphatic heterocycles. The minimum Gasteiger partial charge on any atom is -0.436 e. The number of anilines is 2. The second-order valence-corrected chi connectivity index (χ2v) is 6.33. The smallest absolute Gasteiger partial charge is 0.289 e. The number of hydrazine groups is 2. The van der Waals surface area contributed by atoms with Gasteiger partial charge in [-0.1, -0.05) is 12.1 Å². The molecule has 0 saturated heterocycles. The van der Waals surface area contributed by atoms with Crippen molar-refractivity contribution >= 4 is 17.3 Å². The molecule has 0 bridgehead atoms. The first-order valence-corrected chi connectivity index (χ1v) is 8.80. The van der Waals surface area contributed by atoms with Crippen molar-refractivity contribution in [3.05, 3.63) is 72.0 Å². The zero-order chi connectivity index (χ0) is 19.5. The number of rotatable bonds is 8. The van der Waals surface area contributed by atoms with E-state index in [1.807, 2.05) is 41.3 Å². The number of carbonyl (C=O) groups is 1. The van der Waals surface area contributed by atoms with E-state index in [4.69, 9.17) is 4.42 Å². The lowest BCUT2D eigenvalue weighted by Crippen LogP contribution is -2.41. The van der Waals surface area contributed by atoms with Gasteiger partial charge in [-0.05, 0) is 24.3 Å². The van der Waals surface area contributed by atoms with Gasteiger partial charge in [0.2, 0.25) is 5.76 Å². The van der Waals surface area contributed by atoms with E-state index in [0.29, 0.717) is 18.9 Å². The molecule has 0 unspecified atom stereocenters. The molecule has 4 rings (SSSR count). The summed E-state index contributed by atoms with van der Waals surface area (Å²) in [6.45, 7) is 0.607. The molecule has 1 amide bonds. The number of aromatic nitrogens is 2. The van der Waals surface area contributed by atoms with E-state index in [2.05, 4.69) is 20.8 Å². The average Bonchev–Trinajstić information content (AvgIpc) is 3.17. The predicted octanol–water partition coefficient (Wildman–Crippen LogP) is 2.18. The van der Waals surface area contributed by atoms with Gasteiger partial charge in [0.1, 0.15) is 5.82 Å². The van der Waals surface area contributed by atoms with Gasteiger partial charge in [0.15, 0.2) is 5.89 Å². The van der Waals surface area contributed by atoms with Crippen LogP contribution in [0.5, 0.6) is 0 Å². The van der Waals surface area contributed by atoms with Gasteiger partial charge in [0.05, 0.1) is 29.8 Å². The Bertz CT molecular complexity index is 969. The molecule has 0 saturated carbocycles. The van der Waals surface area contributed by atoms with E-state index in [1.54, 1.807) is 0 Å². The summed E-state index contributed by atoms with van der Waals surface area (Å²) in [5.41, 5.74) is 5.70. The summed E-state index contributed by atoms with van der Waals surface area (Å²) >= 11 is 0. The maximum atomic E-state index is 13.5. The molecule has 3 aromatic rings. The first-order chi connectivity index (χ1) is 13.6. The second kappa shape index (κ2) is 7.75. The molecular formula is C19H19FN6O2. The first kappa shape index (κ1) is 18.1. The molecule has 1 aliphatic rings. The molecule has 0 spiro atoms. The van der Waals surface area contributed by atoms with Crippen molar-refractivity contribution in [3.63, 3.8) is 0 Å². The molecule has 144 valence electrons. The Morgan fingerprint density at radius 1 is 1.21 bits per heavy atom. The standard InChI is InChI=1S/C19H19FN6O2/c1-25(24-26-15-6-2-3-7-16(15)26)10-8-18-22-12-17(28-18)19(27)23-11-14-13(20)5-4-9-21-14/h2-7,9,12,24H,8,10-11H2,1H3,(H,23,27). The second-order valence-electron chi connectivity index (χ2n) is 6.33. The minimum atomic E-state index is -0.467. The predicted molar refractivity (Wildman–Crippen MR) is 99.9 cm³/mol. The highest BCUT2D eigenvalue weighted by Crippen LogP contribution is 2.45. The lowest BCUT2D eigenvalue weighted by Gasteiger charge is -2.18. The monoisotopic (exact) mass is 382 g/mol. The van der Waals surface area contributed by atoms with Crippen LogP contribution in [0, 0.1) is 5.82 Å². The van der Waals surface area contributed by atoms with Gasteiger partial charge < -0.3 is 9.73 Å². The summed E-state index contributed by atoms with van der Waals surface area (Å²) in [6.07, 6.45) is 3.36. The fourth-order valence-corrected chi connectivity index (χ4v) is 2.73. The number of hydrogen-bond acceptors (Lipinski definition) is 7. The van der Waals surface area contributed by atoms with E-state index in [1.165, 1.54) is 24.5 Å². The van der Waals surface area contributed by atoms with Crippen LogP contribution >= 0.6 is 0 Å². The summed E-state index contributed by atoms with van der Waals surface area (Å²) in [4.78, 5) is 20.2. The number of amides is 1. The summed E-state index contributed by atoms with van der Waals surface area (Å²) in [5.74, 6) is -0.397. The Balaban J connectivity index is 1.24. The van der Waals surface area contributed by atoms with Gasteiger partial charge in [-0.3, -0.25) is 14.8 Å². The van der Waals surface area contributed by atoms with E-state index >= 15 is 0 Å². The van der Waals surface area contributed by atoms with Gasteiger partial charge in [-0.15, -0.1) is 0 Å². The summed E-state index contributed by atoms with van der Waals surface area (Å²) < 4.78 is 19.0. The number of likely N-dealkylation sites (N-methyl/N-ethyl adjacent to an activating group) is 1. The number of nitrogens with zero attached hydrogens (tertiary/aromatic N) is 4. The number of benzene rings is 1. The van der Waals surface area contributed by atoms with Crippen LogP contribution in [0.2, 0.25) is 0 Å². The van der Waals surface area contributed by atoms with Crippen molar-refractivity contribution in [1.82, 2.24) is 25.8 Å². The highest BCUT2D eigenvalue weighted by molar-refractivity contribution is 5.91. The van der Waals surface area contributed by atoms with Crippen molar-refractivity contribution in [2.75, 3.05) is 18.6 Å². The zero-order valence-electron chi connectivity index (χ0n) is 15.2. The number of nitrogens with one attached hydrogen (secondary N) is 2. The van der Waals surface area contributed by atoms with Crippen LogP contribution in [0.25, 0.3) is 0 Å². The highest BCUT2D eigenvalue weighted by Gasteiger charge is 2.28. The third-order valence-electron chi connectivity index (χ3n) is 4.27. The van der Waals surface area contributed by atoms with Gasteiger partial charge in [0, 0.05) is 26.2 Å². The third-order valence-corrected chi connectivity index (χ3v) is 4.27. The molecule has 0 aliphatic carbocycles. The quantitative estimate of drug-likeness (QED) is 0.456. The average molecular weight is 382 g/mol. The van der Waals surface area contributed by atoms with Gasteiger partial charge in [-0.2, -0.15) is 5.53 Å². The lowest BCUT2D eigenvalue weighted by atomic mass is 10.3. The molecule has 0 fully saturated rings. The van der Waals surface area contributed by atoms with Crippen LogP contribution in [-0.2, 0) is 13.0 Å². The summed E-state index contributed by atoms with van der Waals surface area (Å²) in [7, 11) is 1.91. The van der Waals surface area contributed by atoms with E-state index in [-0.39, 0.29) is 18.0 Å². The number of fused-ring (bicyclic) bond motifs is 1. The molecule has 0 radical (unpaired) electrons. The SMILES string of the molecule is CN(CCc1ncc(C(=O)NCc2ncccc2F)o1)NN1c2ccccc21. The first-order valence-electron chi connectivity index (χ1n) is 8.80. The van der Waals surface area contributed by atoms with Crippen LogP contribution < -0.4 is 15.9 Å². The number of carbonyl (C=O) groups excluding carboxylic acids is 1. The zero-order valence-corrected chi connectivity index (χ0v) is 15.2. The highest BCUT2D eigenvalue weighted by atomic mass is 19.1. The van der Waals surface area contributed by atoms with Gasteiger partial charge in [-0.25, -0.2) is 14.4 Å². The molecule has 8 nitrogen and oxygen atoms in total. The Labute approximate surface area is 160 Å². The summed E-state index contributed by atoms with van der Waals surface area (Å²) in [6, 6.07) is 10.8. The Kier molecular flexibility index (Phi) is 5.00. The number of oxazole rings is 1. The number of hydrogen-bond donors (Lipinski definition) is 2. The minimum absolute atomic E-state index is 0.0232. The normalized spacial score (nSPS) is 12.2. The fourth-order valence-electron chi connectivity index (χ4n) is 2.73. The molecular weight excluding hydrogens is 363 g/mol. The van der Waals surface area contributed by atoms with E-state index < -0.39 is 11.7 Å². The van der Waals surface area contributed by atoms with Crippen LogP contribution in [0.3, 0.4) is 0 Å². The van der Waals surface area contributed by atoms with Crippen LogP contribution in [-0.4, -0.2) is 34.5 Å². The topological polar surface area (TPSA) is 86.3 Å². The molecule has 3 heterocycles. The van der Waals surface area contributed by atoms with Crippen LogP contribution in [0.1, 0.15) is 22.1 Å². The maximum absolute atomic E-state index is 13.5. The molecule has 0 atom stereocenters. The van der Waals surface area contributed by atoms with Crippen molar-refractivity contribution in [1.29, 1.82) is 0 Å². The number of para-hydroxylation sites is 2. The fraction of sp³-hybridized carbons (Fsp3) is 0.211. The summed E-state index contributed by atoms with van der Waals surface area (Å²) in [5, 5.41) is 6.46. The largest absolute Gasteiger partial charge is 0.436 e. The van der Waals surface area contributed by atoms with Crippen molar-refractivity contribution in [2.24, 2.45) is 0 Å². The number of pyridine rings is 1. The molecule has 2 aromatic heterocycles. The molecule has 28 heavy (non-hydrogen) atoms. The van der Waals surface area contributed by atoms with Crippen LogP contribution in [0.4, 0.5) is 15.8 Å². The van der Waals surface area contributed by atoms with Gasteiger partial charge in [0.25, 0.3) is 5.91 Å².